The molecule has 1 heterocycles. The molecule has 2 nitrogen and oxygen atoms in total. The van der Waals surface area contributed by atoms with Crippen molar-refractivity contribution in [2.45, 2.75) is 6.54 Å². The number of hydrogen-bond donors (Lipinski definition) is 1. The molecule has 1 aromatic heterocycles. The predicted molar refractivity (Wildman–Crippen MR) is 81.8 cm³/mol. The van der Waals surface area contributed by atoms with Gasteiger partial charge in [0.15, 0.2) is 5.88 Å². The van der Waals surface area contributed by atoms with Gasteiger partial charge in [0.1, 0.15) is 5.82 Å². The average molecular weight is 367 g/mol. The van der Waals surface area contributed by atoms with Gasteiger partial charge in [0.05, 0.1) is 11.9 Å². The zero-order valence-corrected chi connectivity index (χ0v) is 12.1. The first-order chi connectivity index (χ1) is 9.15. The van der Waals surface area contributed by atoms with Crippen LogP contribution in [0.15, 0.2) is 48.7 Å². The van der Waals surface area contributed by atoms with Gasteiger partial charge < -0.3 is 9.67 Å². The second kappa shape index (κ2) is 4.85. The van der Waals surface area contributed by atoms with Crippen LogP contribution in [0.25, 0.3) is 10.8 Å². The van der Waals surface area contributed by atoms with Gasteiger partial charge in [-0.05, 0) is 46.4 Å². The molecule has 0 saturated heterocycles. The zero-order chi connectivity index (χ0) is 13.4. The molecule has 0 fully saturated rings. The minimum Gasteiger partial charge on any atom is -0.494 e. The number of rotatable bonds is 2. The SMILES string of the molecule is Oc1c2c(I)cccc2cn1Cc1ccc(F)cc1. The van der Waals surface area contributed by atoms with Crippen molar-refractivity contribution in [3.8, 4) is 5.88 Å². The van der Waals surface area contributed by atoms with Gasteiger partial charge in [-0.2, -0.15) is 0 Å². The Morgan fingerprint density at radius 2 is 1.84 bits per heavy atom. The smallest absolute Gasteiger partial charge is 0.200 e. The Morgan fingerprint density at radius 3 is 2.53 bits per heavy atom. The van der Waals surface area contributed by atoms with Gasteiger partial charge in [0.2, 0.25) is 0 Å². The highest BCUT2D eigenvalue weighted by Gasteiger charge is 2.10. The van der Waals surface area contributed by atoms with Crippen LogP contribution in [-0.2, 0) is 6.54 Å². The van der Waals surface area contributed by atoms with E-state index in [1.54, 1.807) is 16.7 Å². The van der Waals surface area contributed by atoms with Gasteiger partial charge in [-0.1, -0.05) is 24.3 Å². The van der Waals surface area contributed by atoms with Crippen LogP contribution in [0.5, 0.6) is 5.88 Å². The molecule has 0 atom stereocenters. The lowest BCUT2D eigenvalue weighted by molar-refractivity contribution is 0.430. The lowest BCUT2D eigenvalue weighted by atomic mass is 10.2. The molecule has 4 heteroatoms. The van der Waals surface area contributed by atoms with Crippen LogP contribution in [0.4, 0.5) is 4.39 Å². The van der Waals surface area contributed by atoms with Crippen LogP contribution >= 0.6 is 22.6 Å². The molecule has 0 aliphatic heterocycles. The van der Waals surface area contributed by atoms with Gasteiger partial charge >= 0.3 is 0 Å². The topological polar surface area (TPSA) is 25.2 Å². The number of fused-ring (bicyclic) bond motifs is 1. The fraction of sp³-hybridized carbons (Fsp3) is 0.0667. The maximum absolute atomic E-state index is 12.9. The van der Waals surface area contributed by atoms with Gasteiger partial charge in [-0.25, -0.2) is 4.39 Å². The highest BCUT2D eigenvalue weighted by molar-refractivity contribution is 14.1. The summed E-state index contributed by atoms with van der Waals surface area (Å²) in [5.74, 6) is 0.00418. The maximum atomic E-state index is 12.9. The molecule has 0 unspecified atom stereocenters. The summed E-state index contributed by atoms with van der Waals surface area (Å²) in [6.45, 7) is 0.525. The first kappa shape index (κ1) is 12.5. The van der Waals surface area contributed by atoms with Gasteiger partial charge in [-0.3, -0.25) is 0 Å². The summed E-state index contributed by atoms with van der Waals surface area (Å²) in [7, 11) is 0. The Morgan fingerprint density at radius 1 is 1.11 bits per heavy atom. The largest absolute Gasteiger partial charge is 0.494 e. The molecule has 96 valence electrons. The van der Waals surface area contributed by atoms with Crippen molar-refractivity contribution in [3.05, 3.63) is 63.6 Å². The summed E-state index contributed by atoms with van der Waals surface area (Å²) in [6.07, 6.45) is 1.91. The molecule has 0 amide bonds. The Balaban J connectivity index is 2.04. The minimum atomic E-state index is -0.250. The quantitative estimate of drug-likeness (QED) is 0.677. The summed E-state index contributed by atoms with van der Waals surface area (Å²) >= 11 is 2.21. The van der Waals surface area contributed by atoms with E-state index in [2.05, 4.69) is 22.6 Å². The average Bonchev–Trinajstić information content (AvgIpc) is 2.71. The van der Waals surface area contributed by atoms with Crippen LogP contribution in [0.3, 0.4) is 0 Å². The second-order valence-electron chi connectivity index (χ2n) is 4.41. The van der Waals surface area contributed by atoms with E-state index in [9.17, 15) is 9.50 Å². The van der Waals surface area contributed by atoms with E-state index in [1.165, 1.54) is 12.1 Å². The van der Waals surface area contributed by atoms with Crippen molar-refractivity contribution < 1.29 is 9.50 Å². The van der Waals surface area contributed by atoms with E-state index in [4.69, 9.17) is 0 Å². The monoisotopic (exact) mass is 367 g/mol. The van der Waals surface area contributed by atoms with Crippen LogP contribution in [0.2, 0.25) is 0 Å². The van der Waals surface area contributed by atoms with E-state index in [0.717, 1.165) is 19.9 Å². The molecule has 0 radical (unpaired) electrons. The van der Waals surface area contributed by atoms with Gasteiger partial charge in [0, 0.05) is 15.2 Å². The molecule has 0 spiro atoms. The highest BCUT2D eigenvalue weighted by atomic mass is 127. The molecule has 0 aliphatic rings. The molecule has 0 bridgehead atoms. The Kier molecular flexibility index (Phi) is 3.18. The van der Waals surface area contributed by atoms with E-state index >= 15 is 0 Å². The van der Waals surface area contributed by atoms with Gasteiger partial charge in [0.25, 0.3) is 0 Å². The molecule has 1 N–H and O–H groups in total. The second-order valence-corrected chi connectivity index (χ2v) is 5.57. The van der Waals surface area contributed by atoms with Crippen LogP contribution in [-0.4, -0.2) is 9.67 Å². The Hall–Kier alpha value is -1.56. The Labute approximate surface area is 123 Å². The lowest BCUT2D eigenvalue weighted by Gasteiger charge is -2.05. The molecular formula is C15H11FINO. The third-order valence-electron chi connectivity index (χ3n) is 3.10. The number of aromatic hydroxyl groups is 1. The van der Waals surface area contributed by atoms with Crippen molar-refractivity contribution in [1.29, 1.82) is 0 Å². The molecule has 19 heavy (non-hydrogen) atoms. The predicted octanol–water partition coefficient (Wildman–Crippen LogP) is 4.14. The van der Waals surface area contributed by atoms with Crippen molar-refractivity contribution >= 4 is 33.4 Å². The fourth-order valence-corrected chi connectivity index (χ4v) is 2.92. The van der Waals surface area contributed by atoms with Crippen molar-refractivity contribution in [2.24, 2.45) is 0 Å². The molecule has 3 aromatic rings. The molecule has 0 saturated carbocycles. The highest BCUT2D eigenvalue weighted by Crippen LogP contribution is 2.31. The zero-order valence-electron chi connectivity index (χ0n) is 9.98. The van der Waals surface area contributed by atoms with E-state index in [0.29, 0.717) is 6.54 Å². The minimum absolute atomic E-state index is 0.250. The first-order valence-corrected chi connectivity index (χ1v) is 6.94. The van der Waals surface area contributed by atoms with E-state index in [-0.39, 0.29) is 11.7 Å². The summed E-state index contributed by atoms with van der Waals surface area (Å²) in [5.41, 5.74) is 0.951. The van der Waals surface area contributed by atoms with Crippen LogP contribution in [0.1, 0.15) is 5.56 Å². The summed E-state index contributed by atoms with van der Waals surface area (Å²) in [4.78, 5) is 0. The summed E-state index contributed by atoms with van der Waals surface area (Å²) < 4.78 is 15.7. The number of aromatic nitrogens is 1. The number of halogens is 2. The number of benzene rings is 2. The van der Waals surface area contributed by atoms with Gasteiger partial charge in [-0.15, -0.1) is 0 Å². The van der Waals surface area contributed by atoms with Crippen molar-refractivity contribution in [2.75, 3.05) is 0 Å². The third kappa shape index (κ3) is 2.32. The first-order valence-electron chi connectivity index (χ1n) is 5.86. The molecule has 2 aromatic carbocycles. The van der Waals surface area contributed by atoms with Crippen molar-refractivity contribution in [3.63, 3.8) is 0 Å². The van der Waals surface area contributed by atoms with Crippen LogP contribution in [0, 0.1) is 9.39 Å². The maximum Gasteiger partial charge on any atom is 0.200 e. The lowest BCUT2D eigenvalue weighted by Crippen LogP contribution is -1.97. The Bertz CT molecular complexity index is 734. The normalized spacial score (nSPS) is 11.1. The molecular weight excluding hydrogens is 356 g/mol. The van der Waals surface area contributed by atoms with Crippen molar-refractivity contribution in [1.82, 2.24) is 4.57 Å². The summed E-state index contributed by atoms with van der Waals surface area (Å²) in [6, 6.07) is 12.2. The number of hydrogen-bond acceptors (Lipinski definition) is 1. The fourth-order valence-electron chi connectivity index (χ4n) is 2.16. The standard InChI is InChI=1S/C15H11FINO/c16-12-6-4-10(5-7-12)8-18-9-11-2-1-3-13(17)14(11)15(18)19/h1-7,9,19H,8H2. The third-order valence-corrected chi connectivity index (χ3v) is 4.00. The van der Waals surface area contributed by atoms with Crippen LogP contribution < -0.4 is 0 Å². The van der Waals surface area contributed by atoms with E-state index < -0.39 is 0 Å². The summed E-state index contributed by atoms with van der Waals surface area (Å²) in [5, 5.41) is 12.1. The molecule has 0 aliphatic carbocycles. The van der Waals surface area contributed by atoms with E-state index in [1.807, 2.05) is 24.4 Å². The molecule has 3 rings (SSSR count). The number of nitrogens with zero attached hydrogens (tertiary/aromatic N) is 1.